The topological polar surface area (TPSA) is 65.6 Å². The Morgan fingerprint density at radius 3 is 2.67 bits per heavy atom. The molecular formula is C21H27N3O3. The summed E-state index contributed by atoms with van der Waals surface area (Å²) in [6.45, 7) is 2.58. The number of carbonyl (C=O) groups excluding carboxylic acids is 2. The van der Waals surface area contributed by atoms with Gasteiger partial charge in [0, 0.05) is 55.4 Å². The zero-order chi connectivity index (χ0) is 18.8. The third-order valence-electron chi connectivity index (χ3n) is 5.75. The van der Waals surface area contributed by atoms with Crippen LogP contribution in [0.15, 0.2) is 18.2 Å². The van der Waals surface area contributed by atoms with Crippen molar-refractivity contribution in [3.8, 4) is 0 Å². The number of ether oxygens (including phenoxy) is 1. The summed E-state index contributed by atoms with van der Waals surface area (Å²) in [5.74, 6) is 0.0377. The predicted octanol–water partition coefficient (Wildman–Crippen LogP) is 2.37. The van der Waals surface area contributed by atoms with E-state index in [1.807, 2.05) is 17.0 Å². The molecule has 1 fully saturated rings. The Balaban J connectivity index is 1.50. The molecule has 1 aromatic carbocycles. The minimum absolute atomic E-state index is 0.00909. The van der Waals surface area contributed by atoms with Crippen molar-refractivity contribution in [3.05, 3.63) is 35.0 Å². The molecule has 1 aromatic heterocycles. The van der Waals surface area contributed by atoms with Gasteiger partial charge in [0.1, 0.15) is 6.61 Å². The van der Waals surface area contributed by atoms with Crippen LogP contribution in [0.5, 0.6) is 0 Å². The standard InChI is InChI=1S/C21H27N3O3/c1-27-14-20(25)23-9-4-10-24(12-11-23)21(26)15-7-8-17-16-5-2-3-6-18(16)22-19(17)13-15/h7-8,13,22H,2-6,9-12,14H2,1H3. The highest BCUT2D eigenvalue weighted by atomic mass is 16.5. The fourth-order valence-corrected chi connectivity index (χ4v) is 4.31. The number of benzene rings is 1. The Labute approximate surface area is 159 Å². The zero-order valence-corrected chi connectivity index (χ0v) is 15.9. The van der Waals surface area contributed by atoms with Crippen molar-refractivity contribution in [2.24, 2.45) is 0 Å². The normalized spacial score (nSPS) is 17.7. The first-order chi connectivity index (χ1) is 13.2. The van der Waals surface area contributed by atoms with Crippen molar-refractivity contribution < 1.29 is 14.3 Å². The molecule has 0 saturated carbocycles. The number of carbonyl (C=O) groups is 2. The fraction of sp³-hybridized carbons (Fsp3) is 0.524. The maximum atomic E-state index is 13.0. The number of hydrogen-bond acceptors (Lipinski definition) is 3. The van der Waals surface area contributed by atoms with Crippen LogP contribution in [-0.4, -0.2) is 66.5 Å². The molecule has 2 heterocycles. The smallest absolute Gasteiger partial charge is 0.253 e. The van der Waals surface area contributed by atoms with Gasteiger partial charge in [-0.15, -0.1) is 0 Å². The van der Waals surface area contributed by atoms with Crippen LogP contribution in [0.25, 0.3) is 10.9 Å². The van der Waals surface area contributed by atoms with E-state index in [-0.39, 0.29) is 18.4 Å². The van der Waals surface area contributed by atoms with Gasteiger partial charge in [-0.25, -0.2) is 0 Å². The van der Waals surface area contributed by atoms with Gasteiger partial charge < -0.3 is 19.5 Å². The third kappa shape index (κ3) is 3.58. The Hall–Kier alpha value is -2.34. The largest absolute Gasteiger partial charge is 0.375 e. The molecule has 0 bridgehead atoms. The van der Waals surface area contributed by atoms with Crippen molar-refractivity contribution >= 4 is 22.7 Å². The highest BCUT2D eigenvalue weighted by Gasteiger charge is 2.23. The molecule has 0 atom stereocenters. The second-order valence-electron chi connectivity index (χ2n) is 7.51. The van der Waals surface area contributed by atoms with Crippen LogP contribution in [0, 0.1) is 0 Å². The van der Waals surface area contributed by atoms with Crippen molar-refractivity contribution in [2.45, 2.75) is 32.1 Å². The number of aromatic nitrogens is 1. The van der Waals surface area contributed by atoms with Gasteiger partial charge in [0.2, 0.25) is 5.91 Å². The lowest BCUT2D eigenvalue weighted by Gasteiger charge is -2.22. The zero-order valence-electron chi connectivity index (χ0n) is 15.9. The SMILES string of the molecule is COCC(=O)N1CCCN(C(=O)c2ccc3c4c([nH]c3c2)CCCC4)CC1. The summed E-state index contributed by atoms with van der Waals surface area (Å²) in [7, 11) is 1.53. The minimum Gasteiger partial charge on any atom is -0.375 e. The van der Waals surface area contributed by atoms with Gasteiger partial charge in [0.05, 0.1) is 0 Å². The molecule has 4 rings (SSSR count). The van der Waals surface area contributed by atoms with Crippen LogP contribution >= 0.6 is 0 Å². The number of nitrogens with one attached hydrogen (secondary N) is 1. The van der Waals surface area contributed by atoms with Gasteiger partial charge in [0.25, 0.3) is 5.91 Å². The van der Waals surface area contributed by atoms with Crippen LogP contribution in [-0.2, 0) is 22.4 Å². The summed E-state index contributed by atoms with van der Waals surface area (Å²) in [5.41, 5.74) is 4.55. The second-order valence-corrected chi connectivity index (χ2v) is 7.51. The lowest BCUT2D eigenvalue weighted by molar-refractivity contribution is -0.135. The average molecular weight is 369 g/mol. The number of amides is 2. The van der Waals surface area contributed by atoms with Crippen LogP contribution in [0.3, 0.4) is 0 Å². The van der Waals surface area contributed by atoms with E-state index in [9.17, 15) is 9.59 Å². The predicted molar refractivity (Wildman–Crippen MR) is 104 cm³/mol. The molecule has 6 heteroatoms. The maximum Gasteiger partial charge on any atom is 0.253 e. The molecular weight excluding hydrogens is 342 g/mol. The molecule has 27 heavy (non-hydrogen) atoms. The molecule has 0 unspecified atom stereocenters. The molecule has 1 aliphatic carbocycles. The Bertz CT molecular complexity index is 858. The highest BCUT2D eigenvalue weighted by molar-refractivity contribution is 5.99. The summed E-state index contributed by atoms with van der Waals surface area (Å²) in [5, 5.41) is 1.26. The molecule has 1 saturated heterocycles. The second kappa shape index (κ2) is 7.72. The van der Waals surface area contributed by atoms with Crippen molar-refractivity contribution in [3.63, 3.8) is 0 Å². The molecule has 2 aliphatic rings. The lowest BCUT2D eigenvalue weighted by Crippen LogP contribution is -2.38. The molecule has 1 N–H and O–H groups in total. The van der Waals surface area contributed by atoms with Crippen LogP contribution in [0.4, 0.5) is 0 Å². The lowest BCUT2D eigenvalue weighted by atomic mass is 9.95. The van der Waals surface area contributed by atoms with E-state index < -0.39 is 0 Å². The monoisotopic (exact) mass is 369 g/mol. The van der Waals surface area contributed by atoms with Gasteiger partial charge in [-0.2, -0.15) is 0 Å². The van der Waals surface area contributed by atoms with Crippen molar-refractivity contribution in [1.29, 1.82) is 0 Å². The first kappa shape index (κ1) is 18.0. The van der Waals surface area contributed by atoms with Crippen molar-refractivity contribution in [1.82, 2.24) is 14.8 Å². The number of fused-ring (bicyclic) bond motifs is 3. The van der Waals surface area contributed by atoms with Gasteiger partial charge in [-0.3, -0.25) is 9.59 Å². The van der Waals surface area contributed by atoms with Gasteiger partial charge in [0.15, 0.2) is 0 Å². The third-order valence-corrected chi connectivity index (χ3v) is 5.75. The molecule has 0 radical (unpaired) electrons. The van der Waals surface area contributed by atoms with E-state index in [0.29, 0.717) is 26.2 Å². The summed E-state index contributed by atoms with van der Waals surface area (Å²) in [6.07, 6.45) is 5.50. The molecule has 6 nitrogen and oxygen atoms in total. The highest BCUT2D eigenvalue weighted by Crippen LogP contribution is 2.29. The van der Waals surface area contributed by atoms with Gasteiger partial charge >= 0.3 is 0 Å². The first-order valence-electron chi connectivity index (χ1n) is 9.87. The van der Waals surface area contributed by atoms with Crippen LogP contribution < -0.4 is 0 Å². The van der Waals surface area contributed by atoms with Gasteiger partial charge in [-0.05, 0) is 49.8 Å². The summed E-state index contributed by atoms with van der Waals surface area (Å²) < 4.78 is 4.94. The molecule has 1 aliphatic heterocycles. The number of aryl methyl sites for hydroxylation is 2. The maximum absolute atomic E-state index is 13.0. The van der Waals surface area contributed by atoms with Crippen LogP contribution in [0.2, 0.25) is 0 Å². The van der Waals surface area contributed by atoms with E-state index in [2.05, 4.69) is 11.1 Å². The van der Waals surface area contributed by atoms with Crippen molar-refractivity contribution in [2.75, 3.05) is 39.9 Å². The van der Waals surface area contributed by atoms with E-state index >= 15 is 0 Å². The number of rotatable bonds is 3. The number of nitrogens with zero attached hydrogens (tertiary/aromatic N) is 2. The minimum atomic E-state index is -0.00909. The fourth-order valence-electron chi connectivity index (χ4n) is 4.31. The molecule has 2 amide bonds. The average Bonchev–Trinajstić information content (AvgIpc) is 2.87. The van der Waals surface area contributed by atoms with E-state index in [4.69, 9.17) is 4.74 Å². The number of aromatic amines is 1. The summed E-state index contributed by atoms with van der Waals surface area (Å²) in [4.78, 5) is 32.2. The molecule has 0 spiro atoms. The number of methoxy groups -OCH3 is 1. The Kier molecular flexibility index (Phi) is 5.16. The van der Waals surface area contributed by atoms with E-state index in [0.717, 1.165) is 30.3 Å². The molecule has 144 valence electrons. The summed E-state index contributed by atoms with van der Waals surface area (Å²) >= 11 is 0. The van der Waals surface area contributed by atoms with Gasteiger partial charge in [-0.1, -0.05) is 6.07 Å². The van der Waals surface area contributed by atoms with E-state index in [1.54, 1.807) is 4.90 Å². The Morgan fingerprint density at radius 2 is 1.81 bits per heavy atom. The number of H-pyrrole nitrogens is 1. The first-order valence-corrected chi connectivity index (χ1v) is 9.87. The number of hydrogen-bond donors (Lipinski definition) is 1. The van der Waals surface area contributed by atoms with E-state index in [1.165, 1.54) is 36.6 Å². The molecule has 2 aromatic rings. The Morgan fingerprint density at radius 1 is 1.04 bits per heavy atom. The van der Waals surface area contributed by atoms with Crippen LogP contribution in [0.1, 0.15) is 40.9 Å². The quantitative estimate of drug-likeness (QED) is 0.903. The summed E-state index contributed by atoms with van der Waals surface area (Å²) in [6, 6.07) is 6.04.